The van der Waals surface area contributed by atoms with Gasteiger partial charge in [0.05, 0.1) is 0 Å². The van der Waals surface area contributed by atoms with Gasteiger partial charge < -0.3 is 19.2 Å². The molecule has 0 aliphatic carbocycles. The van der Waals surface area contributed by atoms with Crippen molar-refractivity contribution in [3.05, 3.63) is 0 Å². The van der Waals surface area contributed by atoms with Crippen molar-refractivity contribution in [2.75, 3.05) is 0 Å². The van der Waals surface area contributed by atoms with Crippen molar-refractivity contribution in [1.82, 2.24) is 0 Å². The molecule has 0 fully saturated rings. The fraction of sp³-hybridized carbons (Fsp3) is 0. The minimum Gasteiger partial charge on any atom is -0.368 e. The van der Waals surface area contributed by atoms with E-state index in [1.165, 1.54) is 0 Å². The molecule has 0 aromatic heterocycles. The second kappa shape index (κ2) is 5.41. The van der Waals surface area contributed by atoms with Crippen LogP contribution >= 0.6 is 0 Å². The molecule has 0 radical (unpaired) electrons. The first-order valence-corrected chi connectivity index (χ1v) is 2.68. The topological polar surface area (TPSA) is 80.9 Å². The van der Waals surface area contributed by atoms with Crippen LogP contribution in [0.15, 0.2) is 0 Å². The molecule has 0 aliphatic rings. The van der Waals surface area contributed by atoms with Gasteiger partial charge in [0.2, 0.25) is 0 Å². The molecule has 0 amide bonds. The molecular formula is H4NaO4Si2+5. The summed E-state index contributed by atoms with van der Waals surface area (Å²) in [4.78, 5) is 29.3. The average Bonchev–Trinajstić information content (AvgIpc) is 0.722. The molecule has 4 nitrogen and oxygen atoms in total. The standard InChI is InChI=1S/Na.H4O4Si.Si/c;1-5(2,3)4;/h;1-4H;/q+1;;+4. The summed E-state index contributed by atoms with van der Waals surface area (Å²) in [5.41, 5.74) is 0. The Morgan fingerprint density at radius 1 is 0.857 bits per heavy atom. The SMILES string of the molecule is O[Si](O)(O)O.[Na+].[Si+4]. The van der Waals surface area contributed by atoms with Gasteiger partial charge in [-0.1, -0.05) is 0 Å². The fourth-order valence-corrected chi connectivity index (χ4v) is 0. The summed E-state index contributed by atoms with van der Waals surface area (Å²) in [6, 6.07) is 0. The molecule has 0 aliphatic heterocycles. The number of hydrogen-bond donors (Lipinski definition) is 4. The van der Waals surface area contributed by atoms with Crippen LogP contribution in [0.1, 0.15) is 0 Å². The van der Waals surface area contributed by atoms with Gasteiger partial charge in [-0.25, -0.2) is 0 Å². The zero-order valence-corrected chi connectivity index (χ0v) is 7.79. The van der Waals surface area contributed by atoms with Crippen LogP contribution in [0.25, 0.3) is 0 Å². The summed E-state index contributed by atoms with van der Waals surface area (Å²) >= 11 is 0. The maximum Gasteiger partial charge on any atom is 4.00 e. The molecule has 0 aromatic carbocycles. The van der Waals surface area contributed by atoms with Crippen molar-refractivity contribution in [3.63, 3.8) is 0 Å². The Labute approximate surface area is 68.6 Å². The monoisotopic (exact) mass is 147 g/mol. The average molecular weight is 147 g/mol. The molecule has 4 N–H and O–H groups in total. The molecule has 0 unspecified atom stereocenters. The van der Waals surface area contributed by atoms with E-state index in [1.807, 2.05) is 0 Å². The second-order valence-electron chi connectivity index (χ2n) is 0.600. The normalized spacial score (nSPS) is 8.57. The molecule has 0 heterocycles. The minimum absolute atomic E-state index is 0. The van der Waals surface area contributed by atoms with Crippen molar-refractivity contribution < 1.29 is 48.7 Å². The van der Waals surface area contributed by atoms with Gasteiger partial charge in [-0.3, -0.25) is 0 Å². The van der Waals surface area contributed by atoms with Gasteiger partial charge in [0, 0.05) is 0 Å². The van der Waals surface area contributed by atoms with Gasteiger partial charge in [-0.15, -0.1) is 0 Å². The van der Waals surface area contributed by atoms with Gasteiger partial charge >= 0.3 is 49.6 Å². The van der Waals surface area contributed by atoms with E-state index in [-0.39, 0.29) is 40.5 Å². The third-order valence-electron chi connectivity index (χ3n) is 0. The van der Waals surface area contributed by atoms with Gasteiger partial charge in [0.1, 0.15) is 0 Å². The molecule has 7 heteroatoms. The van der Waals surface area contributed by atoms with E-state index < -0.39 is 9.05 Å². The Balaban J connectivity index is -0.0000000800. The Morgan fingerprint density at radius 2 is 0.857 bits per heavy atom. The summed E-state index contributed by atoms with van der Waals surface area (Å²) in [5, 5.41) is 0. The first kappa shape index (κ1) is 15.7. The van der Waals surface area contributed by atoms with Crippen LogP contribution in [0.3, 0.4) is 0 Å². The molecule has 0 spiro atoms. The van der Waals surface area contributed by atoms with Crippen molar-refractivity contribution >= 4 is 20.0 Å². The summed E-state index contributed by atoms with van der Waals surface area (Å²) < 4.78 is 0. The summed E-state index contributed by atoms with van der Waals surface area (Å²) in [5.74, 6) is 0. The van der Waals surface area contributed by atoms with Crippen LogP contribution < -0.4 is 29.6 Å². The molecule has 0 atom stereocenters. The van der Waals surface area contributed by atoms with Gasteiger partial charge in [0.25, 0.3) is 0 Å². The van der Waals surface area contributed by atoms with Crippen molar-refractivity contribution in [1.29, 1.82) is 0 Å². The van der Waals surface area contributed by atoms with E-state index >= 15 is 0 Å². The molecule has 0 aromatic rings. The van der Waals surface area contributed by atoms with Gasteiger partial charge in [-0.2, -0.15) is 0 Å². The number of hydrogen-bond acceptors (Lipinski definition) is 4. The largest absolute Gasteiger partial charge is 4.00 e. The fourth-order valence-electron chi connectivity index (χ4n) is 0. The van der Waals surface area contributed by atoms with E-state index in [0.717, 1.165) is 0 Å². The van der Waals surface area contributed by atoms with Crippen LogP contribution in [0.4, 0.5) is 0 Å². The first-order chi connectivity index (χ1) is 2.00. The van der Waals surface area contributed by atoms with Crippen molar-refractivity contribution in [3.8, 4) is 0 Å². The predicted molar refractivity (Wildman–Crippen MR) is 20.4 cm³/mol. The second-order valence-corrected chi connectivity index (χ2v) is 1.80. The molecule has 0 rings (SSSR count). The summed E-state index contributed by atoms with van der Waals surface area (Å²) in [6.07, 6.45) is 0. The van der Waals surface area contributed by atoms with E-state index in [4.69, 9.17) is 19.2 Å². The molecule has 0 saturated carbocycles. The van der Waals surface area contributed by atoms with Crippen LogP contribution in [0, 0.1) is 0 Å². The zero-order chi connectivity index (χ0) is 4.50. The third kappa shape index (κ3) is 125. The molecule has 7 heavy (non-hydrogen) atoms. The van der Waals surface area contributed by atoms with E-state index in [1.54, 1.807) is 0 Å². The van der Waals surface area contributed by atoms with E-state index in [0.29, 0.717) is 0 Å². The van der Waals surface area contributed by atoms with Crippen molar-refractivity contribution in [2.45, 2.75) is 0 Å². The quantitative estimate of drug-likeness (QED) is 0.257. The Hall–Kier alpha value is 1.27. The molecule has 0 bridgehead atoms. The Morgan fingerprint density at radius 3 is 0.857 bits per heavy atom. The molecular weight excluding hydrogens is 143 g/mol. The van der Waals surface area contributed by atoms with Gasteiger partial charge in [0.15, 0.2) is 0 Å². The van der Waals surface area contributed by atoms with Crippen LogP contribution in [-0.4, -0.2) is 39.2 Å². The predicted octanol–water partition coefficient (Wildman–Crippen LogP) is -5.99. The minimum atomic E-state index is -4.61. The van der Waals surface area contributed by atoms with E-state index in [2.05, 4.69) is 0 Å². The summed E-state index contributed by atoms with van der Waals surface area (Å²) in [6.45, 7) is 0. The first-order valence-electron chi connectivity index (χ1n) is 0.894. The van der Waals surface area contributed by atoms with Crippen LogP contribution in [0.2, 0.25) is 0 Å². The molecule has 0 saturated heterocycles. The number of rotatable bonds is 0. The van der Waals surface area contributed by atoms with E-state index in [9.17, 15) is 0 Å². The Bertz CT molecular complexity index is 25.2. The zero-order valence-electron chi connectivity index (χ0n) is 3.79. The Kier molecular flexibility index (Phi) is 12.2. The maximum atomic E-state index is 7.33. The van der Waals surface area contributed by atoms with Crippen molar-refractivity contribution in [2.24, 2.45) is 0 Å². The van der Waals surface area contributed by atoms with Crippen LogP contribution in [-0.2, 0) is 0 Å². The smallest absolute Gasteiger partial charge is 0.368 e. The summed E-state index contributed by atoms with van der Waals surface area (Å²) in [7, 11) is -4.61. The van der Waals surface area contributed by atoms with Crippen LogP contribution in [0.5, 0.6) is 0 Å². The molecule has 32 valence electrons. The van der Waals surface area contributed by atoms with Gasteiger partial charge in [-0.05, 0) is 0 Å². The maximum absolute atomic E-state index is 7.33. The third-order valence-corrected chi connectivity index (χ3v) is 0.